The molecule has 0 fully saturated rings. The fraction of sp³-hybridized carbons (Fsp3) is 0.0690. The summed E-state index contributed by atoms with van der Waals surface area (Å²) >= 11 is 5.95. The van der Waals surface area contributed by atoms with Gasteiger partial charge in [0.25, 0.3) is 17.4 Å². The van der Waals surface area contributed by atoms with Crippen molar-refractivity contribution in [3.63, 3.8) is 0 Å². The number of nitrogens with one attached hydrogen (secondary N) is 2. The zero-order valence-electron chi connectivity index (χ0n) is 21.0. The summed E-state index contributed by atoms with van der Waals surface area (Å²) in [6, 6.07) is 18.3. The van der Waals surface area contributed by atoms with Crippen LogP contribution in [0.3, 0.4) is 0 Å². The van der Waals surface area contributed by atoms with Crippen LogP contribution in [-0.4, -0.2) is 32.9 Å². The fourth-order valence-electron chi connectivity index (χ4n) is 3.96. The van der Waals surface area contributed by atoms with Crippen molar-refractivity contribution in [3.8, 4) is 17.2 Å². The summed E-state index contributed by atoms with van der Waals surface area (Å²) in [4.78, 5) is 47.0. The van der Waals surface area contributed by atoms with E-state index in [9.17, 15) is 18.8 Å². The number of hydrogen-bond acceptors (Lipinski definition) is 6. The second kappa shape index (κ2) is 11.3. The normalized spacial score (nSPS) is 10.8. The number of rotatable bonds is 7. The fourth-order valence-corrected chi connectivity index (χ4v) is 4.13. The molecule has 0 saturated heterocycles. The van der Waals surface area contributed by atoms with Crippen molar-refractivity contribution in [2.75, 3.05) is 11.9 Å². The third-order valence-electron chi connectivity index (χ3n) is 5.82. The smallest absolute Gasteiger partial charge is 0.270 e. The molecule has 0 radical (unpaired) electrons. The molecule has 0 bridgehead atoms. The quantitative estimate of drug-likeness (QED) is 0.278. The highest BCUT2D eigenvalue weighted by molar-refractivity contribution is 6.30. The predicted molar refractivity (Wildman–Crippen MR) is 149 cm³/mol. The van der Waals surface area contributed by atoms with Crippen molar-refractivity contribution in [1.82, 2.24) is 19.9 Å². The van der Waals surface area contributed by atoms with Crippen molar-refractivity contribution in [2.24, 2.45) is 0 Å². The summed E-state index contributed by atoms with van der Waals surface area (Å²) in [5.41, 5.74) is 0.407. The van der Waals surface area contributed by atoms with Gasteiger partial charge in [-0.1, -0.05) is 11.6 Å². The number of pyridine rings is 3. The van der Waals surface area contributed by atoms with Crippen LogP contribution in [0.5, 0.6) is 11.5 Å². The van der Waals surface area contributed by atoms with Crippen LogP contribution in [-0.2, 0) is 0 Å². The van der Waals surface area contributed by atoms with Crippen molar-refractivity contribution in [2.45, 2.75) is 6.92 Å². The molecule has 5 rings (SSSR count). The Hall–Kier alpha value is -5.09. The van der Waals surface area contributed by atoms with E-state index in [0.717, 1.165) is 6.07 Å². The molecular weight excluding hydrogens is 537 g/mol. The molecule has 0 aliphatic rings. The molecular formula is C29H21ClFN5O4. The molecule has 0 aliphatic carbocycles. The molecule has 5 aromatic rings. The summed E-state index contributed by atoms with van der Waals surface area (Å²) in [6.45, 7) is 2.29. The molecule has 40 heavy (non-hydrogen) atoms. The average Bonchev–Trinajstić information content (AvgIpc) is 2.95. The maximum Gasteiger partial charge on any atom is 0.270 e. The van der Waals surface area contributed by atoms with E-state index in [2.05, 4.69) is 20.6 Å². The van der Waals surface area contributed by atoms with E-state index in [-0.39, 0.29) is 27.9 Å². The van der Waals surface area contributed by atoms with Gasteiger partial charge in [0.1, 0.15) is 34.2 Å². The van der Waals surface area contributed by atoms with Gasteiger partial charge in [-0.25, -0.2) is 9.37 Å². The molecule has 200 valence electrons. The number of carbonyl (C=O) groups is 2. The monoisotopic (exact) mass is 557 g/mol. The number of fused-ring (bicyclic) bond motifs is 1. The predicted octanol–water partition coefficient (Wildman–Crippen LogP) is 5.37. The highest BCUT2D eigenvalue weighted by Gasteiger charge is 2.18. The first kappa shape index (κ1) is 26.5. The molecule has 0 unspecified atom stereocenters. The highest BCUT2D eigenvalue weighted by Crippen LogP contribution is 2.24. The molecule has 0 spiro atoms. The van der Waals surface area contributed by atoms with Crippen molar-refractivity contribution >= 4 is 40.1 Å². The van der Waals surface area contributed by atoms with Gasteiger partial charge >= 0.3 is 0 Å². The van der Waals surface area contributed by atoms with Crippen LogP contribution >= 0.6 is 11.6 Å². The van der Waals surface area contributed by atoms with E-state index in [4.69, 9.17) is 16.3 Å². The van der Waals surface area contributed by atoms with Crippen LogP contribution < -0.4 is 20.9 Å². The molecule has 0 saturated carbocycles. The van der Waals surface area contributed by atoms with Gasteiger partial charge in [0.15, 0.2) is 0 Å². The van der Waals surface area contributed by atoms with Crippen LogP contribution in [0.25, 0.3) is 16.7 Å². The number of hydrogen-bond donors (Lipinski definition) is 2. The molecule has 9 nitrogen and oxygen atoms in total. The Morgan fingerprint density at radius 2 is 1.75 bits per heavy atom. The van der Waals surface area contributed by atoms with E-state index in [1.165, 1.54) is 41.2 Å². The van der Waals surface area contributed by atoms with Crippen molar-refractivity contribution in [3.05, 3.63) is 118 Å². The minimum Gasteiger partial charge on any atom is -0.457 e. The van der Waals surface area contributed by atoms with Gasteiger partial charge in [-0.15, -0.1) is 0 Å². The Morgan fingerprint density at radius 1 is 0.950 bits per heavy atom. The van der Waals surface area contributed by atoms with Gasteiger partial charge in [0.05, 0.1) is 10.7 Å². The summed E-state index contributed by atoms with van der Waals surface area (Å²) in [5.74, 6) is -0.717. The number of halogens is 2. The molecule has 2 amide bonds. The van der Waals surface area contributed by atoms with Gasteiger partial charge in [-0.2, -0.15) is 0 Å². The van der Waals surface area contributed by atoms with Crippen LogP contribution in [0.4, 0.5) is 10.1 Å². The molecule has 11 heteroatoms. The summed E-state index contributed by atoms with van der Waals surface area (Å²) in [6.07, 6.45) is 2.99. The molecule has 0 atom stereocenters. The minimum absolute atomic E-state index is 0.143. The average molecular weight is 558 g/mol. The van der Waals surface area contributed by atoms with Gasteiger partial charge in [0, 0.05) is 36.1 Å². The number of carbonyl (C=O) groups excluding carboxylic acids is 2. The lowest BCUT2D eigenvalue weighted by molar-refractivity contribution is 0.0949. The Bertz CT molecular complexity index is 1810. The lowest BCUT2D eigenvalue weighted by Gasteiger charge is -2.13. The second-order valence-corrected chi connectivity index (χ2v) is 8.94. The highest BCUT2D eigenvalue weighted by atomic mass is 35.5. The molecule has 3 heterocycles. The first-order chi connectivity index (χ1) is 19.3. The van der Waals surface area contributed by atoms with E-state index >= 15 is 0 Å². The van der Waals surface area contributed by atoms with Gasteiger partial charge in [-0.3, -0.25) is 23.9 Å². The number of amides is 2. The number of ether oxygens (including phenoxy) is 1. The molecule has 2 aromatic carbocycles. The number of aromatic nitrogens is 3. The number of anilines is 1. The minimum atomic E-state index is -0.646. The zero-order chi connectivity index (χ0) is 28.2. The Labute approximate surface area is 232 Å². The largest absolute Gasteiger partial charge is 0.457 e. The van der Waals surface area contributed by atoms with Crippen LogP contribution in [0, 0.1) is 5.82 Å². The lowest BCUT2D eigenvalue weighted by Crippen LogP contribution is -2.29. The van der Waals surface area contributed by atoms with E-state index in [1.54, 1.807) is 42.5 Å². The standard InChI is InChI=1S/C29H21ClFN5O4/c1-2-32-28(38)25-16-21(11-13-33-25)40-20-8-5-18(6-9-20)35-27(37)22-14-17-4-3-12-34-26(17)36(29(22)39)19-7-10-24(31)23(30)15-19/h3-16H,2H2,1H3,(H,32,38)(H,35,37). The topological polar surface area (TPSA) is 115 Å². The van der Waals surface area contributed by atoms with Crippen molar-refractivity contribution in [1.29, 1.82) is 0 Å². The second-order valence-electron chi connectivity index (χ2n) is 8.53. The van der Waals surface area contributed by atoms with E-state index in [0.29, 0.717) is 34.8 Å². The van der Waals surface area contributed by atoms with Gasteiger partial charge in [-0.05, 0) is 73.7 Å². The molecule has 2 N–H and O–H groups in total. The maximum absolute atomic E-state index is 13.8. The molecule has 0 aliphatic heterocycles. The van der Waals surface area contributed by atoms with E-state index < -0.39 is 17.3 Å². The number of nitrogens with zero attached hydrogens (tertiary/aromatic N) is 3. The van der Waals surface area contributed by atoms with Gasteiger partial charge < -0.3 is 15.4 Å². The summed E-state index contributed by atoms with van der Waals surface area (Å²) < 4.78 is 20.8. The summed E-state index contributed by atoms with van der Waals surface area (Å²) in [5, 5.41) is 5.75. The Balaban J connectivity index is 1.39. The zero-order valence-corrected chi connectivity index (χ0v) is 21.8. The van der Waals surface area contributed by atoms with Crippen LogP contribution in [0.15, 0.2) is 90.0 Å². The first-order valence-corrected chi connectivity index (χ1v) is 12.5. The van der Waals surface area contributed by atoms with Crippen LogP contribution in [0.1, 0.15) is 27.8 Å². The Morgan fingerprint density at radius 3 is 2.50 bits per heavy atom. The molecule has 3 aromatic heterocycles. The van der Waals surface area contributed by atoms with Crippen LogP contribution in [0.2, 0.25) is 5.02 Å². The lowest BCUT2D eigenvalue weighted by atomic mass is 10.1. The third-order valence-corrected chi connectivity index (χ3v) is 6.11. The third kappa shape index (κ3) is 5.52. The van der Waals surface area contributed by atoms with Crippen molar-refractivity contribution < 1.29 is 18.7 Å². The SMILES string of the molecule is CCNC(=O)c1cc(Oc2ccc(NC(=O)c3cc4cccnc4n(-c4ccc(F)c(Cl)c4)c3=O)cc2)ccn1. The number of benzene rings is 2. The maximum atomic E-state index is 13.8. The van der Waals surface area contributed by atoms with E-state index in [1.807, 2.05) is 6.92 Å². The first-order valence-electron chi connectivity index (χ1n) is 12.1. The Kier molecular flexibility index (Phi) is 7.52. The van der Waals surface area contributed by atoms with Gasteiger partial charge in [0.2, 0.25) is 0 Å². The summed E-state index contributed by atoms with van der Waals surface area (Å²) in [7, 11) is 0.